The molecule has 0 amide bonds. The number of imidazole rings is 1. The average molecular weight is 381 g/mol. The molecule has 0 radical (unpaired) electrons. The third-order valence-electron chi connectivity index (χ3n) is 2.49. The molecule has 16 heavy (non-hydrogen) atoms. The van der Waals surface area contributed by atoms with Gasteiger partial charge in [-0.25, -0.2) is 0 Å². The fourth-order valence-electron chi connectivity index (χ4n) is 1.66. The minimum Gasteiger partial charge on any atom is -0.450 e. The first-order chi connectivity index (χ1) is 7.34. The molecule has 5 heteroatoms. The summed E-state index contributed by atoms with van der Waals surface area (Å²) in [6.07, 6.45) is 6.58. The van der Waals surface area contributed by atoms with Gasteiger partial charge >= 0.3 is 0 Å². The van der Waals surface area contributed by atoms with Gasteiger partial charge in [-0.1, -0.05) is 23.2 Å². The van der Waals surface area contributed by atoms with Crippen LogP contribution in [-0.4, -0.2) is 19.7 Å². The molecule has 0 aliphatic carbocycles. The maximum absolute atomic E-state index is 4.16. The van der Waals surface area contributed by atoms with Crippen LogP contribution in [-0.2, 0) is 28.1 Å². The van der Waals surface area contributed by atoms with Gasteiger partial charge in [-0.15, -0.1) is 6.07 Å². The van der Waals surface area contributed by atoms with E-state index in [1.165, 1.54) is 0 Å². The fourth-order valence-corrected chi connectivity index (χ4v) is 1.66. The molecular formula is C11H9N4W-. The van der Waals surface area contributed by atoms with Crippen LogP contribution >= 0.6 is 0 Å². The minimum atomic E-state index is 0. The third kappa shape index (κ3) is 1.69. The number of fused-ring (bicyclic) bond motifs is 1. The summed E-state index contributed by atoms with van der Waals surface area (Å²) in [7, 11) is 1.94. The SMILES string of the molecule is Cn1[c-]nc2ccc(-c3cn[nH]c3)cc21.[W]. The van der Waals surface area contributed by atoms with E-state index in [0.717, 1.165) is 22.2 Å². The quantitative estimate of drug-likeness (QED) is 0.654. The van der Waals surface area contributed by atoms with E-state index in [-0.39, 0.29) is 21.1 Å². The predicted molar refractivity (Wildman–Crippen MR) is 57.1 cm³/mol. The van der Waals surface area contributed by atoms with Crippen molar-refractivity contribution in [3.05, 3.63) is 36.9 Å². The Labute approximate surface area is 107 Å². The van der Waals surface area contributed by atoms with Gasteiger partial charge in [0.25, 0.3) is 0 Å². The van der Waals surface area contributed by atoms with Crippen molar-refractivity contribution in [1.82, 2.24) is 19.7 Å². The third-order valence-corrected chi connectivity index (χ3v) is 2.49. The van der Waals surface area contributed by atoms with Crippen LogP contribution in [0.3, 0.4) is 0 Å². The molecule has 3 rings (SSSR count). The predicted octanol–water partition coefficient (Wildman–Crippen LogP) is 1.76. The Bertz CT molecular complexity index is 598. The van der Waals surface area contributed by atoms with Crippen LogP contribution in [0.4, 0.5) is 0 Å². The number of rotatable bonds is 1. The standard InChI is InChI=1S/C11H9N4.W/c1-15-7-12-10-3-2-8(4-11(10)15)9-5-13-14-6-9;/h2-6H,1H3,(H,13,14);/q-1;. The van der Waals surface area contributed by atoms with Gasteiger partial charge in [0.2, 0.25) is 0 Å². The smallest absolute Gasteiger partial charge is 0.0565 e. The second kappa shape index (κ2) is 4.22. The number of benzene rings is 1. The molecule has 2 aromatic heterocycles. The summed E-state index contributed by atoms with van der Waals surface area (Å²) < 4.78 is 1.89. The van der Waals surface area contributed by atoms with Crippen molar-refractivity contribution in [2.24, 2.45) is 7.05 Å². The van der Waals surface area contributed by atoms with Crippen LogP contribution in [0.5, 0.6) is 0 Å². The first kappa shape index (κ1) is 11.1. The molecule has 3 aromatic rings. The number of hydrogen-bond acceptors (Lipinski definition) is 2. The van der Waals surface area contributed by atoms with Gasteiger partial charge in [0, 0.05) is 39.2 Å². The Morgan fingerprint density at radius 3 is 2.94 bits per heavy atom. The summed E-state index contributed by atoms with van der Waals surface area (Å²) in [4.78, 5) is 4.16. The molecule has 0 fully saturated rings. The molecule has 4 nitrogen and oxygen atoms in total. The molecule has 0 aliphatic rings. The van der Waals surface area contributed by atoms with Gasteiger partial charge in [0.15, 0.2) is 0 Å². The summed E-state index contributed by atoms with van der Waals surface area (Å²) in [5.41, 5.74) is 4.25. The fraction of sp³-hybridized carbons (Fsp3) is 0.0909. The number of aromatic nitrogens is 4. The van der Waals surface area contributed by atoms with Crippen LogP contribution in [0.2, 0.25) is 0 Å². The Morgan fingerprint density at radius 2 is 2.19 bits per heavy atom. The average Bonchev–Trinajstić information content (AvgIpc) is 2.88. The summed E-state index contributed by atoms with van der Waals surface area (Å²) in [5.74, 6) is 0. The summed E-state index contributed by atoms with van der Waals surface area (Å²) in [6.45, 7) is 0. The number of aromatic amines is 1. The Morgan fingerprint density at radius 1 is 1.31 bits per heavy atom. The van der Waals surface area contributed by atoms with E-state index in [1.807, 2.05) is 29.9 Å². The second-order valence-corrected chi connectivity index (χ2v) is 3.46. The van der Waals surface area contributed by atoms with Gasteiger partial charge in [0.05, 0.1) is 6.20 Å². The summed E-state index contributed by atoms with van der Waals surface area (Å²) in [5, 5.41) is 6.74. The zero-order valence-electron chi connectivity index (χ0n) is 8.64. The van der Waals surface area contributed by atoms with Gasteiger partial charge in [-0.2, -0.15) is 5.10 Å². The summed E-state index contributed by atoms with van der Waals surface area (Å²) >= 11 is 0. The van der Waals surface area contributed by atoms with Crippen LogP contribution in [0, 0.1) is 6.33 Å². The van der Waals surface area contributed by atoms with Crippen molar-refractivity contribution in [1.29, 1.82) is 0 Å². The normalized spacial score (nSPS) is 10.3. The molecule has 0 saturated heterocycles. The maximum Gasteiger partial charge on any atom is 0.0565 e. The first-order valence-electron chi connectivity index (χ1n) is 4.68. The van der Waals surface area contributed by atoms with E-state index >= 15 is 0 Å². The number of nitrogens with one attached hydrogen (secondary N) is 1. The zero-order valence-corrected chi connectivity index (χ0v) is 11.6. The second-order valence-electron chi connectivity index (χ2n) is 3.46. The molecule has 0 atom stereocenters. The van der Waals surface area contributed by atoms with Crippen molar-refractivity contribution >= 4 is 11.0 Å². The molecule has 0 spiro atoms. The Kier molecular flexibility index (Phi) is 2.92. The molecule has 0 bridgehead atoms. The number of nitrogens with zero attached hydrogens (tertiary/aromatic N) is 3. The largest absolute Gasteiger partial charge is 0.450 e. The monoisotopic (exact) mass is 381 g/mol. The molecule has 0 saturated carbocycles. The van der Waals surface area contributed by atoms with Crippen LogP contribution in [0.15, 0.2) is 30.6 Å². The van der Waals surface area contributed by atoms with Crippen molar-refractivity contribution < 1.29 is 21.1 Å². The van der Waals surface area contributed by atoms with Crippen molar-refractivity contribution in [3.63, 3.8) is 0 Å². The van der Waals surface area contributed by atoms with Gasteiger partial charge in [-0.3, -0.25) is 5.10 Å². The van der Waals surface area contributed by atoms with Crippen LogP contribution in [0.25, 0.3) is 22.2 Å². The van der Waals surface area contributed by atoms with Crippen molar-refractivity contribution in [2.75, 3.05) is 0 Å². The van der Waals surface area contributed by atoms with Crippen LogP contribution in [0.1, 0.15) is 0 Å². The van der Waals surface area contributed by atoms with Crippen LogP contribution < -0.4 is 0 Å². The van der Waals surface area contributed by atoms with Crippen molar-refractivity contribution in [3.8, 4) is 11.1 Å². The topological polar surface area (TPSA) is 46.5 Å². The van der Waals surface area contributed by atoms with Gasteiger partial charge < -0.3 is 9.55 Å². The number of aryl methyl sites for hydroxylation is 1. The molecule has 1 N–H and O–H groups in total. The van der Waals surface area contributed by atoms with E-state index in [0.29, 0.717) is 0 Å². The molecule has 80 valence electrons. The van der Waals surface area contributed by atoms with E-state index < -0.39 is 0 Å². The van der Waals surface area contributed by atoms with E-state index in [1.54, 1.807) is 6.20 Å². The van der Waals surface area contributed by atoms with E-state index in [4.69, 9.17) is 0 Å². The van der Waals surface area contributed by atoms with E-state index in [2.05, 4.69) is 27.6 Å². The Hall–Kier alpha value is -1.41. The number of hydrogen-bond donors (Lipinski definition) is 1. The van der Waals surface area contributed by atoms with Crippen molar-refractivity contribution in [2.45, 2.75) is 0 Å². The van der Waals surface area contributed by atoms with Gasteiger partial charge in [0.1, 0.15) is 0 Å². The molecule has 0 aliphatic heterocycles. The molecule has 1 aromatic carbocycles. The molecular weight excluding hydrogens is 372 g/mol. The first-order valence-corrected chi connectivity index (χ1v) is 4.68. The minimum absolute atomic E-state index is 0. The molecule has 0 unspecified atom stereocenters. The zero-order chi connectivity index (χ0) is 10.3. The number of H-pyrrole nitrogens is 1. The summed E-state index contributed by atoms with van der Waals surface area (Å²) in [6, 6.07) is 6.12. The molecule has 2 heterocycles. The maximum atomic E-state index is 4.16. The van der Waals surface area contributed by atoms with E-state index in [9.17, 15) is 0 Å². The van der Waals surface area contributed by atoms with Gasteiger partial charge in [-0.05, 0) is 12.6 Å². The Balaban J connectivity index is 0.000000963.